The number of carbonyl (C=O) groups excluding carboxylic acids is 2. The van der Waals surface area contributed by atoms with E-state index in [-0.39, 0.29) is 11.9 Å². The van der Waals surface area contributed by atoms with Gasteiger partial charge in [0.25, 0.3) is 0 Å². The Bertz CT molecular complexity index is 292. The van der Waals surface area contributed by atoms with E-state index in [1.807, 2.05) is 25.6 Å². The number of hydrogen-bond donors (Lipinski definition) is 0. The molecule has 0 fully saturated rings. The molecule has 0 aromatic rings. The Balaban J connectivity index is 3.24. The minimum atomic E-state index is -0.108. The molecule has 22 heavy (non-hydrogen) atoms. The molecule has 0 bridgehead atoms. The lowest BCUT2D eigenvalue weighted by atomic mass is 10.3. The van der Waals surface area contributed by atoms with Gasteiger partial charge in [-0.1, -0.05) is 27.7 Å². The van der Waals surface area contributed by atoms with Gasteiger partial charge in [0.05, 0.1) is 13.2 Å². The molecular weight excluding hydrogens is 340 g/mol. The lowest BCUT2D eigenvalue weighted by molar-refractivity contribution is -0.144. The number of hydrogen-bond acceptors (Lipinski definition) is 7. The molecule has 0 unspecified atom stereocenters. The van der Waals surface area contributed by atoms with Gasteiger partial charge in [-0.3, -0.25) is 9.59 Å². The second-order valence-corrected chi connectivity index (χ2v) is 7.72. The van der Waals surface area contributed by atoms with Crippen LogP contribution in [0.15, 0.2) is 11.5 Å². The maximum Gasteiger partial charge on any atom is 0.305 e. The van der Waals surface area contributed by atoms with Crippen LogP contribution in [0.3, 0.4) is 0 Å². The van der Waals surface area contributed by atoms with E-state index < -0.39 is 0 Å². The molecule has 0 rings (SSSR count). The van der Waals surface area contributed by atoms with Crippen molar-refractivity contribution >= 4 is 45.3 Å². The molecule has 0 aromatic carbocycles. The van der Waals surface area contributed by atoms with Crippen LogP contribution in [0.2, 0.25) is 0 Å². The van der Waals surface area contributed by atoms with Crippen LogP contribution in [-0.4, -0.2) is 42.4 Å². The minimum Gasteiger partial charge on any atom is -0.466 e. The summed E-state index contributed by atoms with van der Waals surface area (Å²) >= 11 is 1.81. The zero-order chi connectivity index (χ0) is 16.5. The average Bonchev–Trinajstić information content (AvgIpc) is 2.49. The van der Waals surface area contributed by atoms with Crippen molar-refractivity contribution in [3.05, 3.63) is 11.5 Å². The van der Waals surface area contributed by atoms with Gasteiger partial charge in [-0.2, -0.15) is 11.8 Å². The lowest BCUT2D eigenvalue weighted by Gasteiger charge is -2.01. The fourth-order valence-corrected chi connectivity index (χ4v) is 3.97. The summed E-state index contributed by atoms with van der Waals surface area (Å²) in [5.74, 6) is 2.66. The van der Waals surface area contributed by atoms with E-state index in [1.54, 1.807) is 21.6 Å². The molecule has 0 N–H and O–H groups in total. The van der Waals surface area contributed by atoms with Crippen LogP contribution in [-0.2, 0) is 19.1 Å². The van der Waals surface area contributed by atoms with E-state index >= 15 is 0 Å². The summed E-state index contributed by atoms with van der Waals surface area (Å²) in [7, 11) is 3.43. The largest absolute Gasteiger partial charge is 0.466 e. The number of rotatable bonds is 14. The topological polar surface area (TPSA) is 52.6 Å². The lowest BCUT2D eigenvalue weighted by Crippen LogP contribution is -2.03. The third-order valence-corrected chi connectivity index (χ3v) is 5.46. The highest BCUT2D eigenvalue weighted by molar-refractivity contribution is 8.77. The van der Waals surface area contributed by atoms with Crippen molar-refractivity contribution in [2.75, 3.05) is 30.5 Å². The summed E-state index contributed by atoms with van der Waals surface area (Å²) in [4.78, 5) is 22.2. The van der Waals surface area contributed by atoms with E-state index in [9.17, 15) is 9.59 Å². The van der Waals surface area contributed by atoms with Crippen LogP contribution in [0.25, 0.3) is 0 Å². The van der Waals surface area contributed by atoms with Crippen molar-refractivity contribution in [2.45, 2.75) is 39.5 Å². The van der Waals surface area contributed by atoms with Crippen LogP contribution in [0.1, 0.15) is 39.5 Å². The molecule has 7 heteroatoms. The van der Waals surface area contributed by atoms with Crippen LogP contribution < -0.4 is 0 Å². The molecule has 0 saturated heterocycles. The number of carbonyl (C=O) groups is 2. The van der Waals surface area contributed by atoms with Crippen molar-refractivity contribution in [3.63, 3.8) is 0 Å². The van der Waals surface area contributed by atoms with E-state index in [0.717, 1.165) is 30.1 Å². The van der Waals surface area contributed by atoms with Gasteiger partial charge in [-0.15, -0.1) is 0 Å². The summed E-state index contributed by atoms with van der Waals surface area (Å²) in [6.07, 6.45) is 4.86. The van der Waals surface area contributed by atoms with Crippen molar-refractivity contribution in [3.8, 4) is 0 Å². The monoisotopic (exact) mass is 366 g/mol. The van der Waals surface area contributed by atoms with Crippen LogP contribution in [0, 0.1) is 0 Å². The maximum absolute atomic E-state index is 11.1. The zero-order valence-electron chi connectivity index (χ0n) is 13.4. The Morgan fingerprint density at radius 1 is 0.955 bits per heavy atom. The summed E-state index contributed by atoms with van der Waals surface area (Å²) in [5.41, 5.74) is 0. The average molecular weight is 367 g/mol. The molecule has 0 aliphatic heterocycles. The van der Waals surface area contributed by atoms with Gasteiger partial charge >= 0.3 is 11.9 Å². The molecule has 4 nitrogen and oxygen atoms in total. The standard InChI is InChI=1S/C15H26O4S3/c1-3-18-14(16)8-5-10-20-11-7-13-22-21-12-6-9-15(17)19-4-2/h7,13H,3-6,8-12H2,1-2H3. The van der Waals surface area contributed by atoms with E-state index in [0.29, 0.717) is 26.1 Å². The van der Waals surface area contributed by atoms with Crippen LogP contribution in [0.5, 0.6) is 0 Å². The van der Waals surface area contributed by atoms with E-state index in [4.69, 9.17) is 9.47 Å². The summed E-state index contributed by atoms with van der Waals surface area (Å²) in [6.45, 7) is 4.57. The number of thioether (sulfide) groups is 1. The molecule has 0 heterocycles. The SMILES string of the molecule is CCOC(=O)CCCSCC=CSSCCCC(=O)OCC. The maximum atomic E-state index is 11.1. The van der Waals surface area contributed by atoms with Gasteiger partial charge < -0.3 is 9.47 Å². The third-order valence-electron chi connectivity index (χ3n) is 2.32. The van der Waals surface area contributed by atoms with Gasteiger partial charge in [-0.25, -0.2) is 0 Å². The first-order valence-electron chi connectivity index (χ1n) is 7.53. The minimum absolute atomic E-state index is 0.103. The molecule has 0 aliphatic carbocycles. The molecule has 0 atom stereocenters. The molecule has 0 radical (unpaired) electrons. The Labute approximate surface area is 145 Å². The van der Waals surface area contributed by atoms with Gasteiger partial charge in [-0.05, 0) is 37.9 Å². The van der Waals surface area contributed by atoms with Gasteiger partial charge in [0, 0.05) is 24.3 Å². The Kier molecular flexibility index (Phi) is 16.9. The van der Waals surface area contributed by atoms with Crippen molar-refractivity contribution < 1.29 is 19.1 Å². The highest BCUT2D eigenvalue weighted by Gasteiger charge is 2.01. The highest BCUT2D eigenvalue weighted by atomic mass is 33.1. The first-order chi connectivity index (χ1) is 10.7. The normalized spacial score (nSPS) is 10.8. The van der Waals surface area contributed by atoms with Crippen molar-refractivity contribution in [1.82, 2.24) is 0 Å². The fourth-order valence-electron chi connectivity index (χ4n) is 1.38. The second-order valence-electron chi connectivity index (χ2n) is 4.18. The first-order valence-corrected chi connectivity index (χ1v) is 11.1. The number of ether oxygens (including phenoxy) is 2. The molecule has 0 spiro atoms. The fraction of sp³-hybridized carbons (Fsp3) is 0.733. The predicted molar refractivity (Wildman–Crippen MR) is 98.2 cm³/mol. The molecule has 0 saturated carbocycles. The molecule has 0 aliphatic rings. The van der Waals surface area contributed by atoms with Crippen LogP contribution in [0.4, 0.5) is 0 Å². The molecular formula is C15H26O4S3. The van der Waals surface area contributed by atoms with Gasteiger partial charge in [0.1, 0.15) is 0 Å². The Morgan fingerprint density at radius 2 is 1.55 bits per heavy atom. The molecule has 128 valence electrons. The summed E-state index contributed by atoms with van der Waals surface area (Å²) in [5, 5.41) is 2.08. The molecule has 0 amide bonds. The first kappa shape index (κ1) is 21.7. The zero-order valence-corrected chi connectivity index (χ0v) is 15.8. The molecule has 0 aromatic heterocycles. The summed E-state index contributed by atoms with van der Waals surface area (Å²) < 4.78 is 9.73. The van der Waals surface area contributed by atoms with Crippen LogP contribution >= 0.6 is 33.3 Å². The Hall–Kier alpha value is -0.270. The predicted octanol–water partition coefficient (Wildman–Crippen LogP) is 4.30. The van der Waals surface area contributed by atoms with E-state index in [2.05, 4.69) is 11.5 Å². The second kappa shape index (κ2) is 17.1. The van der Waals surface area contributed by atoms with Crippen molar-refractivity contribution in [2.24, 2.45) is 0 Å². The van der Waals surface area contributed by atoms with Crippen molar-refractivity contribution in [1.29, 1.82) is 0 Å². The number of esters is 2. The third kappa shape index (κ3) is 16.1. The summed E-state index contributed by atoms with van der Waals surface area (Å²) in [6, 6.07) is 0. The quantitative estimate of drug-likeness (QED) is 0.258. The van der Waals surface area contributed by atoms with E-state index in [1.165, 1.54) is 0 Å². The Morgan fingerprint density at radius 3 is 2.14 bits per heavy atom. The highest BCUT2D eigenvalue weighted by Crippen LogP contribution is 2.24. The smallest absolute Gasteiger partial charge is 0.305 e. The van der Waals surface area contributed by atoms with Gasteiger partial charge in [0.15, 0.2) is 0 Å². The van der Waals surface area contributed by atoms with Gasteiger partial charge in [0.2, 0.25) is 0 Å².